The van der Waals surface area contributed by atoms with Gasteiger partial charge in [0, 0.05) is 36.2 Å². The smallest absolute Gasteiger partial charge is 0.288 e. The van der Waals surface area contributed by atoms with Crippen molar-refractivity contribution in [3.05, 3.63) is 60.0 Å². The van der Waals surface area contributed by atoms with Crippen LogP contribution in [0.5, 0.6) is 0 Å². The number of thioether (sulfide) groups is 1. The van der Waals surface area contributed by atoms with Crippen LogP contribution in [-0.2, 0) is 10.0 Å². The first-order chi connectivity index (χ1) is 14.4. The van der Waals surface area contributed by atoms with E-state index in [0.29, 0.717) is 18.6 Å². The molecular weight excluding hydrogens is 426 g/mol. The second kappa shape index (κ2) is 8.46. The maximum absolute atomic E-state index is 12.7. The molecule has 1 fully saturated rings. The van der Waals surface area contributed by atoms with Gasteiger partial charge in [-0.3, -0.25) is 20.4 Å². The number of hydrogen-bond donors (Lipinski definition) is 3. The average Bonchev–Trinajstić information content (AvgIpc) is 3.29. The SMILES string of the molecule is O=C(NNC(=O)c1cc(S(=O)(=O)N2CCSCC2)c[nH]1)c1ccc2ccccc2n1. The fraction of sp³-hybridized carbons (Fsp3) is 0.211. The lowest BCUT2D eigenvalue weighted by atomic mass is 10.2. The highest BCUT2D eigenvalue weighted by molar-refractivity contribution is 7.99. The molecule has 3 aromatic rings. The molecule has 156 valence electrons. The van der Waals surface area contributed by atoms with E-state index in [9.17, 15) is 18.0 Å². The Hall–Kier alpha value is -2.89. The van der Waals surface area contributed by atoms with Gasteiger partial charge in [-0.1, -0.05) is 24.3 Å². The molecule has 2 amide bonds. The molecule has 11 heteroatoms. The molecule has 0 aliphatic carbocycles. The van der Waals surface area contributed by atoms with Crippen molar-refractivity contribution in [1.29, 1.82) is 0 Å². The molecule has 1 aliphatic rings. The molecule has 1 aliphatic heterocycles. The highest BCUT2D eigenvalue weighted by Crippen LogP contribution is 2.20. The van der Waals surface area contributed by atoms with E-state index in [2.05, 4.69) is 20.8 Å². The molecule has 9 nitrogen and oxygen atoms in total. The van der Waals surface area contributed by atoms with Gasteiger partial charge in [0.15, 0.2) is 0 Å². The summed E-state index contributed by atoms with van der Waals surface area (Å²) in [5.74, 6) is 0.233. The lowest BCUT2D eigenvalue weighted by Crippen LogP contribution is -2.42. The molecule has 0 radical (unpaired) electrons. The van der Waals surface area contributed by atoms with Gasteiger partial charge < -0.3 is 4.98 Å². The lowest BCUT2D eigenvalue weighted by Gasteiger charge is -2.24. The molecule has 1 saturated heterocycles. The first-order valence-electron chi connectivity index (χ1n) is 9.18. The minimum absolute atomic E-state index is 0.0158. The van der Waals surface area contributed by atoms with Crippen LogP contribution < -0.4 is 10.9 Å². The van der Waals surface area contributed by atoms with Gasteiger partial charge in [-0.05, 0) is 18.2 Å². The Morgan fingerprint density at radius 2 is 1.77 bits per heavy atom. The van der Waals surface area contributed by atoms with Crippen LogP contribution in [0, 0.1) is 0 Å². The van der Waals surface area contributed by atoms with Crippen molar-refractivity contribution < 1.29 is 18.0 Å². The van der Waals surface area contributed by atoms with Gasteiger partial charge in [-0.25, -0.2) is 13.4 Å². The monoisotopic (exact) mass is 445 g/mol. The number of nitrogens with one attached hydrogen (secondary N) is 3. The Bertz CT molecular complexity index is 1200. The molecule has 30 heavy (non-hydrogen) atoms. The summed E-state index contributed by atoms with van der Waals surface area (Å²) in [7, 11) is -3.66. The number of carbonyl (C=O) groups is 2. The summed E-state index contributed by atoms with van der Waals surface area (Å²) >= 11 is 1.70. The van der Waals surface area contributed by atoms with E-state index >= 15 is 0 Å². The van der Waals surface area contributed by atoms with Gasteiger partial charge in [-0.15, -0.1) is 0 Å². The maximum atomic E-state index is 12.7. The number of benzene rings is 1. The topological polar surface area (TPSA) is 124 Å². The van der Waals surface area contributed by atoms with E-state index in [1.54, 1.807) is 30.0 Å². The van der Waals surface area contributed by atoms with Crippen LogP contribution in [0.4, 0.5) is 0 Å². The summed E-state index contributed by atoms with van der Waals surface area (Å²) in [5, 5.41) is 0.894. The number of fused-ring (bicyclic) bond motifs is 1. The Morgan fingerprint density at radius 3 is 2.57 bits per heavy atom. The number of aromatic amines is 1. The largest absolute Gasteiger partial charge is 0.356 e. The summed E-state index contributed by atoms with van der Waals surface area (Å²) in [6, 6.07) is 11.9. The molecule has 0 spiro atoms. The Labute approximate surface area is 177 Å². The quantitative estimate of drug-likeness (QED) is 0.521. The number of rotatable bonds is 4. The number of aromatic nitrogens is 2. The zero-order valence-corrected chi connectivity index (χ0v) is 17.4. The third kappa shape index (κ3) is 4.18. The van der Waals surface area contributed by atoms with E-state index in [0.717, 1.165) is 16.9 Å². The number of hydrogen-bond acceptors (Lipinski definition) is 6. The van der Waals surface area contributed by atoms with Crippen LogP contribution >= 0.6 is 11.8 Å². The molecule has 0 unspecified atom stereocenters. The summed E-state index contributed by atoms with van der Waals surface area (Å²) in [5.41, 5.74) is 5.38. The number of H-pyrrole nitrogens is 1. The lowest BCUT2D eigenvalue weighted by molar-refractivity contribution is 0.0842. The number of para-hydroxylation sites is 1. The van der Waals surface area contributed by atoms with E-state index in [1.807, 2.05) is 18.2 Å². The first-order valence-corrected chi connectivity index (χ1v) is 11.8. The van der Waals surface area contributed by atoms with Gasteiger partial charge >= 0.3 is 0 Å². The highest BCUT2D eigenvalue weighted by atomic mass is 32.2. The van der Waals surface area contributed by atoms with Crippen molar-refractivity contribution in [2.45, 2.75) is 4.90 Å². The van der Waals surface area contributed by atoms with Crippen molar-refractivity contribution in [3.63, 3.8) is 0 Å². The van der Waals surface area contributed by atoms with Crippen LogP contribution in [0.3, 0.4) is 0 Å². The molecular formula is C19H19N5O4S2. The summed E-state index contributed by atoms with van der Waals surface area (Å²) in [4.78, 5) is 31.5. The predicted molar refractivity (Wildman–Crippen MR) is 114 cm³/mol. The van der Waals surface area contributed by atoms with E-state index in [4.69, 9.17) is 0 Å². The standard InChI is InChI=1S/C19H19N5O4S2/c25-18(16-6-5-13-3-1-2-4-15(13)21-16)22-23-19(26)17-11-14(12-20-17)30(27,28)24-7-9-29-10-8-24/h1-6,11-12,20H,7-10H2,(H,22,25)(H,23,26). The number of nitrogens with zero attached hydrogens (tertiary/aromatic N) is 2. The molecule has 0 bridgehead atoms. The summed E-state index contributed by atoms with van der Waals surface area (Å²) in [6.07, 6.45) is 1.28. The van der Waals surface area contributed by atoms with Crippen LogP contribution in [0.2, 0.25) is 0 Å². The molecule has 1 aromatic carbocycles. The molecule has 4 rings (SSSR count). The van der Waals surface area contributed by atoms with E-state index < -0.39 is 21.8 Å². The molecule has 0 saturated carbocycles. The zero-order chi connectivity index (χ0) is 21.1. The van der Waals surface area contributed by atoms with Gasteiger partial charge in [0.2, 0.25) is 10.0 Å². The van der Waals surface area contributed by atoms with Crippen molar-refractivity contribution >= 4 is 44.5 Å². The minimum Gasteiger partial charge on any atom is -0.356 e. The number of sulfonamides is 1. The predicted octanol–water partition coefficient (Wildman–Crippen LogP) is 1.38. The highest BCUT2D eigenvalue weighted by Gasteiger charge is 2.27. The second-order valence-corrected chi connectivity index (χ2v) is 9.73. The maximum Gasteiger partial charge on any atom is 0.288 e. The van der Waals surface area contributed by atoms with Crippen molar-refractivity contribution in [2.24, 2.45) is 0 Å². The summed E-state index contributed by atoms with van der Waals surface area (Å²) < 4.78 is 26.7. The summed E-state index contributed by atoms with van der Waals surface area (Å²) in [6.45, 7) is 0.878. The van der Waals surface area contributed by atoms with Gasteiger partial charge in [0.25, 0.3) is 11.8 Å². The zero-order valence-electron chi connectivity index (χ0n) is 15.8. The fourth-order valence-corrected chi connectivity index (χ4v) is 5.60. The van der Waals surface area contributed by atoms with Crippen LogP contribution in [0.25, 0.3) is 10.9 Å². The second-order valence-electron chi connectivity index (χ2n) is 6.56. The number of pyridine rings is 1. The third-order valence-corrected chi connectivity index (χ3v) is 7.45. The Balaban J connectivity index is 1.41. The normalized spacial score (nSPS) is 15.1. The first kappa shape index (κ1) is 20.4. The van der Waals surface area contributed by atoms with Gasteiger partial charge in [0.05, 0.1) is 5.52 Å². The Kier molecular flexibility index (Phi) is 5.75. The average molecular weight is 446 g/mol. The van der Waals surface area contributed by atoms with Crippen molar-refractivity contribution in [2.75, 3.05) is 24.6 Å². The van der Waals surface area contributed by atoms with Gasteiger partial charge in [-0.2, -0.15) is 16.1 Å². The molecule has 3 heterocycles. The van der Waals surface area contributed by atoms with Crippen molar-refractivity contribution in [1.82, 2.24) is 25.1 Å². The number of carbonyl (C=O) groups excluding carboxylic acids is 2. The number of hydrazine groups is 1. The van der Waals surface area contributed by atoms with E-state index in [1.165, 1.54) is 16.6 Å². The molecule has 2 aromatic heterocycles. The third-order valence-electron chi connectivity index (χ3n) is 4.63. The van der Waals surface area contributed by atoms with Crippen LogP contribution in [0.15, 0.2) is 53.6 Å². The van der Waals surface area contributed by atoms with Gasteiger partial charge in [0.1, 0.15) is 16.3 Å². The van der Waals surface area contributed by atoms with E-state index in [-0.39, 0.29) is 16.3 Å². The Morgan fingerprint density at radius 1 is 1.03 bits per heavy atom. The fourth-order valence-electron chi connectivity index (χ4n) is 3.03. The number of amides is 2. The molecule has 0 atom stereocenters. The molecule has 3 N–H and O–H groups in total. The van der Waals surface area contributed by atoms with Crippen LogP contribution in [-0.4, -0.2) is 59.1 Å². The van der Waals surface area contributed by atoms with Crippen LogP contribution in [0.1, 0.15) is 21.0 Å². The van der Waals surface area contributed by atoms with Crippen molar-refractivity contribution in [3.8, 4) is 0 Å². The minimum atomic E-state index is -3.66.